The molecule has 0 aliphatic carbocycles. The van der Waals surface area contributed by atoms with Crippen LogP contribution in [-0.2, 0) is 0 Å². The lowest BCUT2D eigenvalue weighted by Gasteiger charge is -2.21. The van der Waals surface area contributed by atoms with Crippen LogP contribution in [0.3, 0.4) is 0 Å². The topological polar surface area (TPSA) is 41.1 Å². The Balaban J connectivity index is 2.37. The largest absolute Gasteiger partial charge is 0.357 e. The van der Waals surface area contributed by atoms with Crippen molar-refractivity contribution in [3.8, 4) is 0 Å². The Morgan fingerprint density at radius 1 is 1.17 bits per heavy atom. The second-order valence-corrected chi connectivity index (χ2v) is 4.34. The van der Waals surface area contributed by atoms with Crippen LogP contribution in [0.1, 0.15) is 11.1 Å². The van der Waals surface area contributed by atoms with E-state index in [0.29, 0.717) is 5.95 Å². The molecule has 4 nitrogen and oxygen atoms in total. The van der Waals surface area contributed by atoms with Crippen molar-refractivity contribution in [2.75, 3.05) is 24.3 Å². The summed E-state index contributed by atoms with van der Waals surface area (Å²) < 4.78 is 0. The molecule has 0 bridgehead atoms. The zero-order valence-electron chi connectivity index (χ0n) is 11.2. The molecule has 1 aromatic heterocycles. The number of hydrogen-bond donors (Lipinski definition) is 1. The molecule has 0 spiro atoms. The van der Waals surface area contributed by atoms with Crippen LogP contribution in [0.4, 0.5) is 17.5 Å². The molecular formula is C14H18N4. The summed E-state index contributed by atoms with van der Waals surface area (Å²) in [7, 11) is 3.83. The molecule has 1 N–H and O–H groups in total. The lowest BCUT2D eigenvalue weighted by atomic mass is 10.1. The van der Waals surface area contributed by atoms with Gasteiger partial charge in [0.15, 0.2) is 0 Å². The summed E-state index contributed by atoms with van der Waals surface area (Å²) in [6.45, 7) is 4.21. The SMILES string of the molecule is CNc1nccc(N(C)c2ccc(C)cc2C)n1. The predicted molar refractivity (Wildman–Crippen MR) is 75.6 cm³/mol. The van der Waals surface area contributed by atoms with Gasteiger partial charge in [-0.15, -0.1) is 0 Å². The van der Waals surface area contributed by atoms with Gasteiger partial charge in [-0.25, -0.2) is 4.98 Å². The van der Waals surface area contributed by atoms with Crippen molar-refractivity contribution in [3.05, 3.63) is 41.6 Å². The van der Waals surface area contributed by atoms with E-state index in [4.69, 9.17) is 0 Å². The minimum atomic E-state index is 0.629. The summed E-state index contributed by atoms with van der Waals surface area (Å²) in [6.07, 6.45) is 1.76. The average Bonchev–Trinajstić information content (AvgIpc) is 2.38. The minimum Gasteiger partial charge on any atom is -0.357 e. The molecule has 0 aliphatic rings. The maximum Gasteiger partial charge on any atom is 0.224 e. The van der Waals surface area contributed by atoms with E-state index in [1.165, 1.54) is 11.1 Å². The highest BCUT2D eigenvalue weighted by Gasteiger charge is 2.08. The molecular weight excluding hydrogens is 224 g/mol. The van der Waals surface area contributed by atoms with Gasteiger partial charge in [0.05, 0.1) is 0 Å². The van der Waals surface area contributed by atoms with Gasteiger partial charge in [-0.05, 0) is 31.5 Å². The first-order valence-corrected chi connectivity index (χ1v) is 5.93. The number of nitrogens with zero attached hydrogens (tertiary/aromatic N) is 3. The third-order valence-electron chi connectivity index (χ3n) is 2.92. The van der Waals surface area contributed by atoms with E-state index in [0.717, 1.165) is 11.5 Å². The van der Waals surface area contributed by atoms with Crippen LogP contribution >= 0.6 is 0 Å². The van der Waals surface area contributed by atoms with Crippen molar-refractivity contribution in [1.82, 2.24) is 9.97 Å². The molecule has 2 aromatic rings. The van der Waals surface area contributed by atoms with Gasteiger partial charge in [0.2, 0.25) is 5.95 Å². The fraction of sp³-hybridized carbons (Fsp3) is 0.286. The zero-order chi connectivity index (χ0) is 13.1. The van der Waals surface area contributed by atoms with Crippen molar-refractivity contribution in [2.45, 2.75) is 13.8 Å². The second kappa shape index (κ2) is 5.04. The van der Waals surface area contributed by atoms with Crippen LogP contribution in [-0.4, -0.2) is 24.1 Å². The summed E-state index contributed by atoms with van der Waals surface area (Å²) in [6, 6.07) is 8.30. The summed E-state index contributed by atoms with van der Waals surface area (Å²) in [5, 5.41) is 2.95. The lowest BCUT2D eigenvalue weighted by Crippen LogP contribution is -2.13. The molecule has 0 saturated heterocycles. The Bertz CT molecular complexity index is 551. The number of aryl methyl sites for hydroxylation is 2. The fourth-order valence-corrected chi connectivity index (χ4v) is 1.96. The van der Waals surface area contributed by atoms with Crippen LogP contribution in [0.15, 0.2) is 30.5 Å². The maximum absolute atomic E-state index is 4.43. The van der Waals surface area contributed by atoms with E-state index in [9.17, 15) is 0 Å². The van der Waals surface area contributed by atoms with E-state index < -0.39 is 0 Å². The quantitative estimate of drug-likeness (QED) is 0.898. The monoisotopic (exact) mass is 242 g/mol. The van der Waals surface area contributed by atoms with Gasteiger partial charge in [0, 0.05) is 26.0 Å². The Kier molecular flexibility index (Phi) is 3.46. The Labute approximate surface area is 108 Å². The van der Waals surface area contributed by atoms with E-state index in [1.54, 1.807) is 6.20 Å². The molecule has 18 heavy (non-hydrogen) atoms. The first kappa shape index (κ1) is 12.4. The van der Waals surface area contributed by atoms with E-state index in [2.05, 4.69) is 52.2 Å². The minimum absolute atomic E-state index is 0.629. The molecule has 2 rings (SSSR count). The summed E-state index contributed by atoms with van der Waals surface area (Å²) in [5.74, 6) is 1.51. The number of hydrogen-bond acceptors (Lipinski definition) is 4. The van der Waals surface area contributed by atoms with Crippen molar-refractivity contribution >= 4 is 17.5 Å². The third-order valence-corrected chi connectivity index (χ3v) is 2.92. The lowest BCUT2D eigenvalue weighted by molar-refractivity contribution is 1.07. The molecule has 1 heterocycles. The highest BCUT2D eigenvalue weighted by molar-refractivity contribution is 5.63. The van der Waals surface area contributed by atoms with E-state index in [1.807, 2.05) is 20.2 Å². The molecule has 0 fully saturated rings. The first-order chi connectivity index (χ1) is 8.61. The molecule has 4 heteroatoms. The van der Waals surface area contributed by atoms with Crippen LogP contribution < -0.4 is 10.2 Å². The fourth-order valence-electron chi connectivity index (χ4n) is 1.96. The van der Waals surface area contributed by atoms with Crippen molar-refractivity contribution in [2.24, 2.45) is 0 Å². The average molecular weight is 242 g/mol. The van der Waals surface area contributed by atoms with Crippen LogP contribution in [0.2, 0.25) is 0 Å². The molecule has 0 radical (unpaired) electrons. The normalized spacial score (nSPS) is 10.2. The van der Waals surface area contributed by atoms with Gasteiger partial charge in [-0.2, -0.15) is 4.98 Å². The highest BCUT2D eigenvalue weighted by Crippen LogP contribution is 2.26. The van der Waals surface area contributed by atoms with Crippen LogP contribution in [0.25, 0.3) is 0 Å². The molecule has 94 valence electrons. The maximum atomic E-state index is 4.43. The molecule has 0 saturated carbocycles. The number of benzene rings is 1. The summed E-state index contributed by atoms with van der Waals surface area (Å²) >= 11 is 0. The Hall–Kier alpha value is -2.10. The van der Waals surface area contributed by atoms with Gasteiger partial charge in [0.1, 0.15) is 5.82 Å². The first-order valence-electron chi connectivity index (χ1n) is 5.93. The molecule has 1 aromatic carbocycles. The van der Waals surface area contributed by atoms with Crippen LogP contribution in [0, 0.1) is 13.8 Å². The number of aromatic nitrogens is 2. The number of nitrogens with one attached hydrogen (secondary N) is 1. The van der Waals surface area contributed by atoms with Gasteiger partial charge in [-0.3, -0.25) is 0 Å². The van der Waals surface area contributed by atoms with Crippen molar-refractivity contribution in [3.63, 3.8) is 0 Å². The predicted octanol–water partition coefficient (Wildman–Crippen LogP) is 2.90. The van der Waals surface area contributed by atoms with Gasteiger partial charge in [-0.1, -0.05) is 17.7 Å². The molecule has 0 unspecified atom stereocenters. The van der Waals surface area contributed by atoms with Crippen molar-refractivity contribution in [1.29, 1.82) is 0 Å². The standard InChI is InChI=1S/C14H18N4/c1-10-5-6-12(11(2)9-10)18(4)13-7-8-16-14(15-3)17-13/h5-9H,1-4H3,(H,15,16,17). The van der Waals surface area contributed by atoms with Gasteiger partial charge < -0.3 is 10.2 Å². The summed E-state index contributed by atoms with van der Waals surface area (Å²) in [4.78, 5) is 10.6. The molecule has 0 amide bonds. The van der Waals surface area contributed by atoms with E-state index >= 15 is 0 Å². The Morgan fingerprint density at radius 3 is 2.61 bits per heavy atom. The van der Waals surface area contributed by atoms with Gasteiger partial charge in [0.25, 0.3) is 0 Å². The van der Waals surface area contributed by atoms with Gasteiger partial charge >= 0.3 is 0 Å². The highest BCUT2D eigenvalue weighted by atomic mass is 15.2. The molecule has 0 aliphatic heterocycles. The number of rotatable bonds is 3. The Morgan fingerprint density at radius 2 is 1.94 bits per heavy atom. The number of anilines is 3. The third kappa shape index (κ3) is 2.42. The molecule has 0 atom stereocenters. The second-order valence-electron chi connectivity index (χ2n) is 4.34. The van der Waals surface area contributed by atoms with Crippen LogP contribution in [0.5, 0.6) is 0 Å². The smallest absolute Gasteiger partial charge is 0.224 e. The van der Waals surface area contributed by atoms with E-state index in [-0.39, 0.29) is 0 Å². The zero-order valence-corrected chi connectivity index (χ0v) is 11.2. The summed E-state index contributed by atoms with van der Waals surface area (Å²) in [5.41, 5.74) is 3.66. The van der Waals surface area contributed by atoms with Crippen molar-refractivity contribution < 1.29 is 0 Å².